The molecule has 134 valence electrons. The van der Waals surface area contributed by atoms with Crippen LogP contribution in [-0.4, -0.2) is 22.2 Å². The standard InChI is InChI=1S/C18H22N2O4S/c1-11(18(2,3)4)14-13(15(21)22)19-16(25-14)20-17(23)24-10-12-8-6-5-7-9-12/h5-9,11H,10H2,1-4H3,(H,21,22)(H,19,20,23). The molecule has 0 aliphatic heterocycles. The van der Waals surface area contributed by atoms with Crippen molar-refractivity contribution in [3.8, 4) is 0 Å². The highest BCUT2D eigenvalue weighted by Gasteiger charge is 2.30. The van der Waals surface area contributed by atoms with E-state index in [1.165, 1.54) is 11.3 Å². The summed E-state index contributed by atoms with van der Waals surface area (Å²) in [6.45, 7) is 8.19. The molecule has 0 saturated carbocycles. The van der Waals surface area contributed by atoms with Gasteiger partial charge in [0.25, 0.3) is 0 Å². The van der Waals surface area contributed by atoms with Crippen molar-refractivity contribution in [1.82, 2.24) is 4.98 Å². The SMILES string of the molecule is CC(c1sc(NC(=O)OCc2ccccc2)nc1C(=O)O)C(C)(C)C. The van der Waals surface area contributed by atoms with Gasteiger partial charge in [0.15, 0.2) is 10.8 Å². The molecule has 7 heteroatoms. The lowest BCUT2D eigenvalue weighted by molar-refractivity contribution is 0.0689. The summed E-state index contributed by atoms with van der Waals surface area (Å²) in [4.78, 5) is 28.1. The minimum Gasteiger partial charge on any atom is -0.476 e. The van der Waals surface area contributed by atoms with Crippen LogP contribution in [0.25, 0.3) is 0 Å². The van der Waals surface area contributed by atoms with Crippen LogP contribution in [-0.2, 0) is 11.3 Å². The van der Waals surface area contributed by atoms with E-state index in [-0.39, 0.29) is 28.8 Å². The predicted octanol–water partition coefficient (Wildman–Crippen LogP) is 4.74. The fourth-order valence-electron chi connectivity index (χ4n) is 2.07. The van der Waals surface area contributed by atoms with Gasteiger partial charge in [-0.1, -0.05) is 58.0 Å². The number of anilines is 1. The number of nitrogens with zero attached hydrogens (tertiary/aromatic N) is 1. The lowest BCUT2D eigenvalue weighted by Gasteiger charge is -2.26. The zero-order chi connectivity index (χ0) is 18.6. The number of hydrogen-bond donors (Lipinski definition) is 2. The second-order valence-electron chi connectivity index (χ2n) is 6.81. The molecular weight excluding hydrogens is 340 g/mol. The van der Waals surface area contributed by atoms with Crippen LogP contribution in [0.1, 0.15) is 54.5 Å². The number of nitrogens with one attached hydrogen (secondary N) is 1. The summed E-state index contributed by atoms with van der Waals surface area (Å²) in [5.41, 5.74) is 0.720. The molecule has 0 spiro atoms. The van der Waals surface area contributed by atoms with Crippen LogP contribution in [0.5, 0.6) is 0 Å². The van der Waals surface area contributed by atoms with Crippen molar-refractivity contribution in [2.75, 3.05) is 5.32 Å². The van der Waals surface area contributed by atoms with Crippen molar-refractivity contribution in [3.63, 3.8) is 0 Å². The van der Waals surface area contributed by atoms with E-state index in [1.807, 2.05) is 58.0 Å². The first-order valence-electron chi connectivity index (χ1n) is 7.90. The molecule has 0 saturated heterocycles. The number of carboxylic acid groups (broad SMARTS) is 1. The van der Waals surface area contributed by atoms with Gasteiger partial charge < -0.3 is 9.84 Å². The predicted molar refractivity (Wildman–Crippen MR) is 97.2 cm³/mol. The maximum atomic E-state index is 11.9. The van der Waals surface area contributed by atoms with E-state index in [0.29, 0.717) is 4.88 Å². The molecule has 1 atom stereocenters. The normalized spacial score (nSPS) is 12.5. The first kappa shape index (κ1) is 18.9. The Balaban J connectivity index is 2.09. The third-order valence-corrected chi connectivity index (χ3v) is 5.12. The summed E-state index contributed by atoms with van der Waals surface area (Å²) >= 11 is 1.17. The molecule has 6 nitrogen and oxygen atoms in total. The van der Waals surface area contributed by atoms with Gasteiger partial charge in [0.1, 0.15) is 6.61 Å². The van der Waals surface area contributed by atoms with Gasteiger partial charge in [-0.3, -0.25) is 5.32 Å². The number of ether oxygens (including phenoxy) is 1. The summed E-state index contributed by atoms with van der Waals surface area (Å²) in [5.74, 6) is -1.12. The third-order valence-electron chi connectivity index (χ3n) is 3.97. The Hall–Kier alpha value is -2.41. The van der Waals surface area contributed by atoms with Gasteiger partial charge in [-0.15, -0.1) is 11.3 Å². The molecular formula is C18H22N2O4S. The van der Waals surface area contributed by atoms with Crippen LogP contribution in [0.2, 0.25) is 0 Å². The van der Waals surface area contributed by atoms with E-state index in [1.54, 1.807) is 0 Å². The Labute approximate surface area is 150 Å². The van der Waals surface area contributed by atoms with E-state index in [4.69, 9.17) is 4.74 Å². The zero-order valence-corrected chi connectivity index (χ0v) is 15.5. The van der Waals surface area contributed by atoms with Crippen molar-refractivity contribution in [2.45, 2.75) is 40.2 Å². The average Bonchev–Trinajstić information content (AvgIpc) is 2.96. The van der Waals surface area contributed by atoms with Gasteiger partial charge in [-0.05, 0) is 16.9 Å². The smallest absolute Gasteiger partial charge is 0.413 e. The fourth-order valence-corrected chi connectivity index (χ4v) is 3.31. The van der Waals surface area contributed by atoms with Crippen LogP contribution in [0.3, 0.4) is 0 Å². The lowest BCUT2D eigenvalue weighted by atomic mass is 9.81. The highest BCUT2D eigenvalue weighted by Crippen LogP contribution is 2.40. The number of aromatic nitrogens is 1. The van der Waals surface area contributed by atoms with Gasteiger partial charge in [0.2, 0.25) is 0 Å². The molecule has 0 radical (unpaired) electrons. The highest BCUT2D eigenvalue weighted by molar-refractivity contribution is 7.16. The van der Waals surface area contributed by atoms with Gasteiger partial charge in [-0.25, -0.2) is 14.6 Å². The summed E-state index contributed by atoms with van der Waals surface area (Å²) in [6.07, 6.45) is -0.662. The molecule has 2 aromatic rings. The molecule has 1 amide bonds. The first-order valence-corrected chi connectivity index (χ1v) is 8.72. The van der Waals surface area contributed by atoms with E-state index in [9.17, 15) is 14.7 Å². The lowest BCUT2D eigenvalue weighted by Crippen LogP contribution is -2.16. The summed E-state index contributed by atoms with van der Waals surface area (Å²) in [5, 5.41) is 12.1. The van der Waals surface area contributed by atoms with Crippen LogP contribution in [0.15, 0.2) is 30.3 Å². The largest absolute Gasteiger partial charge is 0.476 e. The molecule has 2 rings (SSSR count). The number of benzene rings is 1. The molecule has 0 bridgehead atoms. The number of amides is 1. The Morgan fingerprint density at radius 3 is 2.48 bits per heavy atom. The number of aromatic carboxylic acids is 1. The molecule has 1 aromatic carbocycles. The fraction of sp³-hybridized carbons (Fsp3) is 0.389. The van der Waals surface area contributed by atoms with E-state index in [0.717, 1.165) is 5.56 Å². The maximum absolute atomic E-state index is 11.9. The van der Waals surface area contributed by atoms with Crippen molar-refractivity contribution in [2.24, 2.45) is 5.41 Å². The third kappa shape index (κ3) is 5.03. The average molecular weight is 362 g/mol. The quantitative estimate of drug-likeness (QED) is 0.802. The van der Waals surface area contributed by atoms with Crippen molar-refractivity contribution < 1.29 is 19.4 Å². The molecule has 2 N–H and O–H groups in total. The molecule has 1 unspecified atom stereocenters. The van der Waals surface area contributed by atoms with Crippen LogP contribution in [0.4, 0.5) is 9.93 Å². The van der Waals surface area contributed by atoms with Gasteiger partial charge in [0.05, 0.1) is 0 Å². The maximum Gasteiger partial charge on any atom is 0.413 e. The van der Waals surface area contributed by atoms with Gasteiger partial charge >= 0.3 is 12.1 Å². The van der Waals surface area contributed by atoms with Crippen molar-refractivity contribution in [1.29, 1.82) is 0 Å². The second-order valence-corrected chi connectivity index (χ2v) is 7.84. The van der Waals surface area contributed by atoms with Crippen molar-refractivity contribution in [3.05, 3.63) is 46.5 Å². The number of carboxylic acids is 1. The topological polar surface area (TPSA) is 88.5 Å². The van der Waals surface area contributed by atoms with Crippen molar-refractivity contribution >= 4 is 28.5 Å². The molecule has 1 aromatic heterocycles. The molecule has 25 heavy (non-hydrogen) atoms. The number of thiazole rings is 1. The number of hydrogen-bond acceptors (Lipinski definition) is 5. The summed E-state index contributed by atoms with van der Waals surface area (Å²) < 4.78 is 5.14. The minimum absolute atomic E-state index is 0.0213. The Morgan fingerprint density at radius 1 is 1.28 bits per heavy atom. The van der Waals surface area contributed by atoms with Crippen LogP contribution < -0.4 is 5.32 Å². The van der Waals surface area contributed by atoms with E-state index >= 15 is 0 Å². The van der Waals surface area contributed by atoms with Gasteiger partial charge in [0, 0.05) is 4.88 Å². The Kier molecular flexibility index (Phi) is 5.79. The van der Waals surface area contributed by atoms with Crippen LogP contribution in [0, 0.1) is 5.41 Å². The minimum atomic E-state index is -1.10. The molecule has 0 fully saturated rings. The molecule has 1 heterocycles. The highest BCUT2D eigenvalue weighted by atomic mass is 32.1. The number of carbonyl (C=O) groups excluding carboxylic acids is 1. The Morgan fingerprint density at radius 2 is 1.92 bits per heavy atom. The van der Waals surface area contributed by atoms with E-state index < -0.39 is 12.1 Å². The summed E-state index contributed by atoms with van der Waals surface area (Å²) in [7, 11) is 0. The summed E-state index contributed by atoms with van der Waals surface area (Å²) in [6, 6.07) is 9.29. The van der Waals surface area contributed by atoms with Crippen LogP contribution >= 0.6 is 11.3 Å². The van der Waals surface area contributed by atoms with Gasteiger partial charge in [-0.2, -0.15) is 0 Å². The molecule has 0 aliphatic carbocycles. The number of carbonyl (C=O) groups is 2. The monoisotopic (exact) mass is 362 g/mol. The second kappa shape index (κ2) is 7.65. The van der Waals surface area contributed by atoms with E-state index in [2.05, 4.69) is 10.3 Å². The molecule has 0 aliphatic rings. The Bertz CT molecular complexity index is 750. The zero-order valence-electron chi connectivity index (χ0n) is 14.7. The number of rotatable bonds is 5. The first-order chi connectivity index (χ1) is 11.7.